The maximum Gasteiger partial charge on any atom is 0.160 e. The summed E-state index contributed by atoms with van der Waals surface area (Å²) < 4.78 is 7.30. The fourth-order valence-corrected chi connectivity index (χ4v) is 1.63. The van der Waals surface area contributed by atoms with Crippen LogP contribution in [0.25, 0.3) is 0 Å². The predicted molar refractivity (Wildman–Crippen MR) is 61.1 cm³/mol. The molecule has 0 radical (unpaired) electrons. The summed E-state index contributed by atoms with van der Waals surface area (Å²) in [7, 11) is 1.67. The Hall–Kier alpha value is -1.03. The molecule has 0 bridgehead atoms. The molecule has 0 saturated heterocycles. The van der Waals surface area contributed by atoms with E-state index in [2.05, 4.69) is 18.9 Å². The first-order valence-electron chi connectivity index (χ1n) is 5.47. The van der Waals surface area contributed by atoms with Gasteiger partial charge in [-0.3, -0.25) is 4.68 Å². The first kappa shape index (κ1) is 12.0. The molecule has 15 heavy (non-hydrogen) atoms. The summed E-state index contributed by atoms with van der Waals surface area (Å²) in [4.78, 5) is 0. The second-order valence-corrected chi connectivity index (χ2v) is 3.97. The monoisotopic (exact) mass is 211 g/mol. The summed E-state index contributed by atoms with van der Waals surface area (Å²) in [6.07, 6.45) is 2.83. The van der Waals surface area contributed by atoms with Gasteiger partial charge in [0.05, 0.1) is 19.0 Å². The number of aryl methyl sites for hydroxylation is 1. The number of nitrogens with two attached hydrogens (primary N) is 1. The Bertz CT molecular complexity index is 307. The quantitative estimate of drug-likeness (QED) is 0.807. The highest BCUT2D eigenvalue weighted by molar-refractivity contribution is 5.29. The van der Waals surface area contributed by atoms with Crippen molar-refractivity contribution in [3.05, 3.63) is 11.9 Å². The number of ether oxygens (including phenoxy) is 1. The van der Waals surface area contributed by atoms with E-state index in [0.29, 0.717) is 0 Å². The van der Waals surface area contributed by atoms with Gasteiger partial charge in [-0.25, -0.2) is 0 Å². The third-order valence-electron chi connectivity index (χ3n) is 2.72. The van der Waals surface area contributed by atoms with Gasteiger partial charge in [0.15, 0.2) is 5.75 Å². The molecule has 1 rings (SSSR count). The van der Waals surface area contributed by atoms with E-state index >= 15 is 0 Å². The molecule has 4 heteroatoms. The van der Waals surface area contributed by atoms with Gasteiger partial charge < -0.3 is 10.5 Å². The van der Waals surface area contributed by atoms with Gasteiger partial charge in [0, 0.05) is 18.5 Å². The largest absolute Gasteiger partial charge is 0.493 e. The van der Waals surface area contributed by atoms with Crippen LogP contribution in [0.1, 0.15) is 38.8 Å². The van der Waals surface area contributed by atoms with Crippen molar-refractivity contribution in [1.29, 1.82) is 0 Å². The van der Waals surface area contributed by atoms with Gasteiger partial charge in [-0.2, -0.15) is 5.10 Å². The van der Waals surface area contributed by atoms with E-state index in [4.69, 9.17) is 10.5 Å². The summed E-state index contributed by atoms with van der Waals surface area (Å²) >= 11 is 0. The zero-order valence-corrected chi connectivity index (χ0v) is 10.0. The van der Waals surface area contributed by atoms with Crippen LogP contribution in [0.15, 0.2) is 6.20 Å². The van der Waals surface area contributed by atoms with E-state index in [1.165, 1.54) is 0 Å². The molecule has 0 aliphatic heterocycles. The molecule has 4 nitrogen and oxygen atoms in total. The third-order valence-corrected chi connectivity index (χ3v) is 2.72. The topological polar surface area (TPSA) is 53.1 Å². The van der Waals surface area contributed by atoms with Crippen molar-refractivity contribution in [1.82, 2.24) is 9.78 Å². The summed E-state index contributed by atoms with van der Waals surface area (Å²) in [5.74, 6) is 1.10. The summed E-state index contributed by atoms with van der Waals surface area (Å²) in [5.41, 5.74) is 7.02. The van der Waals surface area contributed by atoms with Crippen LogP contribution >= 0.6 is 0 Å². The van der Waals surface area contributed by atoms with Crippen LogP contribution in [-0.2, 0) is 6.54 Å². The lowest BCUT2D eigenvalue weighted by Crippen LogP contribution is -2.25. The lowest BCUT2D eigenvalue weighted by Gasteiger charge is -2.18. The second kappa shape index (κ2) is 5.16. The molecule has 0 fully saturated rings. The van der Waals surface area contributed by atoms with Crippen LogP contribution in [0.3, 0.4) is 0 Å². The number of methoxy groups -OCH3 is 1. The summed E-state index contributed by atoms with van der Waals surface area (Å²) in [6, 6.07) is 0.103. The number of nitrogens with zero attached hydrogens (tertiary/aromatic N) is 2. The van der Waals surface area contributed by atoms with Crippen LogP contribution in [0, 0.1) is 0 Å². The van der Waals surface area contributed by atoms with Gasteiger partial charge in [-0.1, -0.05) is 13.8 Å². The smallest absolute Gasteiger partial charge is 0.160 e. The molecule has 1 aromatic heterocycles. The number of aromatic nitrogens is 2. The molecule has 0 aromatic carbocycles. The Kier molecular flexibility index (Phi) is 4.15. The Morgan fingerprint density at radius 3 is 2.67 bits per heavy atom. The van der Waals surface area contributed by atoms with Crippen molar-refractivity contribution in [3.63, 3.8) is 0 Å². The highest BCUT2D eigenvalue weighted by Gasteiger charge is 2.20. The molecule has 0 amide bonds. The summed E-state index contributed by atoms with van der Waals surface area (Å²) in [6.45, 7) is 7.16. The second-order valence-electron chi connectivity index (χ2n) is 3.97. The highest BCUT2D eigenvalue weighted by atomic mass is 16.5. The predicted octanol–water partition coefficient (Wildman–Crippen LogP) is 1.75. The zero-order chi connectivity index (χ0) is 11.4. The van der Waals surface area contributed by atoms with Gasteiger partial charge in [0.25, 0.3) is 0 Å². The highest BCUT2D eigenvalue weighted by Crippen LogP contribution is 2.28. The van der Waals surface area contributed by atoms with Gasteiger partial charge >= 0.3 is 0 Å². The molecular weight excluding hydrogens is 190 g/mol. The fourth-order valence-electron chi connectivity index (χ4n) is 1.63. The Balaban J connectivity index is 3.04. The standard InChI is InChI=1S/C11H21N3O/c1-5-6-14-11(8(2)9(3)12)10(15-4)7-13-14/h7-9H,5-6,12H2,1-4H3. The first-order chi connectivity index (χ1) is 7.11. The maximum absolute atomic E-state index is 5.92. The van der Waals surface area contributed by atoms with Crippen LogP contribution in [0.4, 0.5) is 0 Å². The van der Waals surface area contributed by atoms with Crippen molar-refractivity contribution < 1.29 is 4.74 Å². The maximum atomic E-state index is 5.92. The van der Waals surface area contributed by atoms with Crippen LogP contribution in [-0.4, -0.2) is 22.9 Å². The van der Waals surface area contributed by atoms with Gasteiger partial charge in [-0.15, -0.1) is 0 Å². The summed E-state index contributed by atoms with van der Waals surface area (Å²) in [5, 5.41) is 4.32. The van der Waals surface area contributed by atoms with Crippen LogP contribution < -0.4 is 10.5 Å². The Morgan fingerprint density at radius 1 is 1.53 bits per heavy atom. The van der Waals surface area contributed by atoms with Crippen LogP contribution in [0.2, 0.25) is 0 Å². The minimum absolute atomic E-state index is 0.103. The average Bonchev–Trinajstić information content (AvgIpc) is 2.60. The van der Waals surface area contributed by atoms with Gasteiger partial charge in [0.1, 0.15) is 0 Å². The minimum Gasteiger partial charge on any atom is -0.493 e. The Morgan fingerprint density at radius 2 is 2.20 bits per heavy atom. The molecule has 0 aliphatic carbocycles. The van der Waals surface area contributed by atoms with Crippen molar-refractivity contribution in [2.24, 2.45) is 5.73 Å². The van der Waals surface area contributed by atoms with E-state index in [1.54, 1.807) is 13.3 Å². The molecule has 0 spiro atoms. The van der Waals surface area contributed by atoms with Gasteiger partial charge in [0.2, 0.25) is 0 Å². The van der Waals surface area contributed by atoms with Crippen molar-refractivity contribution in [3.8, 4) is 5.75 Å². The SMILES string of the molecule is CCCn1ncc(OC)c1C(C)C(C)N. The molecule has 2 N–H and O–H groups in total. The Labute approximate surface area is 91.4 Å². The molecule has 1 heterocycles. The normalized spacial score (nSPS) is 15.0. The van der Waals surface area contributed by atoms with Crippen molar-refractivity contribution >= 4 is 0 Å². The van der Waals surface area contributed by atoms with Gasteiger partial charge in [-0.05, 0) is 13.3 Å². The molecular formula is C11H21N3O. The third kappa shape index (κ3) is 2.50. The molecule has 0 saturated carbocycles. The lowest BCUT2D eigenvalue weighted by molar-refractivity contribution is 0.397. The number of hydrogen-bond acceptors (Lipinski definition) is 3. The molecule has 2 atom stereocenters. The van der Waals surface area contributed by atoms with Crippen LogP contribution in [0.5, 0.6) is 5.75 Å². The van der Waals surface area contributed by atoms with Crippen molar-refractivity contribution in [2.45, 2.75) is 45.7 Å². The molecule has 86 valence electrons. The number of rotatable bonds is 5. The average molecular weight is 211 g/mol. The first-order valence-corrected chi connectivity index (χ1v) is 5.47. The molecule has 0 aliphatic rings. The minimum atomic E-state index is 0.103. The van der Waals surface area contributed by atoms with Crippen molar-refractivity contribution in [2.75, 3.05) is 7.11 Å². The van der Waals surface area contributed by atoms with E-state index in [0.717, 1.165) is 24.4 Å². The zero-order valence-electron chi connectivity index (χ0n) is 10.0. The van der Waals surface area contributed by atoms with E-state index in [1.807, 2.05) is 11.6 Å². The molecule has 2 unspecified atom stereocenters. The van der Waals surface area contributed by atoms with E-state index < -0.39 is 0 Å². The molecule has 1 aromatic rings. The number of hydrogen-bond donors (Lipinski definition) is 1. The van der Waals surface area contributed by atoms with E-state index in [-0.39, 0.29) is 12.0 Å². The van der Waals surface area contributed by atoms with E-state index in [9.17, 15) is 0 Å². The lowest BCUT2D eigenvalue weighted by atomic mass is 10.00. The fraction of sp³-hybridized carbons (Fsp3) is 0.727.